The second-order valence-electron chi connectivity index (χ2n) is 8.40. The summed E-state index contributed by atoms with van der Waals surface area (Å²) >= 11 is 0. The molecule has 1 fully saturated rings. The van der Waals surface area contributed by atoms with Gasteiger partial charge in [-0.25, -0.2) is 0 Å². The highest BCUT2D eigenvalue weighted by Crippen LogP contribution is 2.39. The molecule has 0 bridgehead atoms. The Kier molecular flexibility index (Phi) is 5.58. The van der Waals surface area contributed by atoms with E-state index in [0.29, 0.717) is 39.0 Å². The second kappa shape index (κ2) is 8.67. The van der Waals surface area contributed by atoms with Crippen LogP contribution in [0.2, 0.25) is 0 Å². The molecule has 2 aliphatic heterocycles. The van der Waals surface area contributed by atoms with E-state index < -0.39 is 5.79 Å². The maximum Gasteiger partial charge on any atom is 0.226 e. The van der Waals surface area contributed by atoms with Crippen molar-refractivity contribution in [2.75, 3.05) is 20.2 Å². The molecule has 3 aromatic carbocycles. The molecule has 0 aliphatic carbocycles. The van der Waals surface area contributed by atoms with E-state index >= 15 is 0 Å². The molecule has 164 valence electrons. The summed E-state index contributed by atoms with van der Waals surface area (Å²) in [4.78, 5) is 14.7. The average molecular weight is 430 g/mol. The van der Waals surface area contributed by atoms with Crippen LogP contribution in [0, 0.1) is 0 Å². The maximum absolute atomic E-state index is 12.8. The molecule has 0 radical (unpaired) electrons. The van der Waals surface area contributed by atoms with Crippen LogP contribution in [0.25, 0.3) is 11.1 Å². The summed E-state index contributed by atoms with van der Waals surface area (Å²) in [5, 5.41) is 0. The zero-order chi connectivity index (χ0) is 22.0. The van der Waals surface area contributed by atoms with Gasteiger partial charge in [0.15, 0.2) is 0 Å². The molecule has 0 N–H and O–H groups in total. The summed E-state index contributed by atoms with van der Waals surface area (Å²) < 4.78 is 17.8. The van der Waals surface area contributed by atoms with Gasteiger partial charge in [0.1, 0.15) is 11.5 Å². The Bertz CT molecular complexity index is 1090. The first-order chi connectivity index (χ1) is 15.6. The molecule has 0 saturated carbocycles. The van der Waals surface area contributed by atoms with Gasteiger partial charge >= 0.3 is 0 Å². The molecule has 3 aromatic rings. The van der Waals surface area contributed by atoms with Gasteiger partial charge in [-0.1, -0.05) is 48.5 Å². The molecular formula is C27H27NO4. The Labute approximate surface area is 188 Å². The fraction of sp³-hybridized carbons (Fsp3) is 0.296. The van der Waals surface area contributed by atoms with Crippen molar-refractivity contribution >= 4 is 5.91 Å². The van der Waals surface area contributed by atoms with Crippen LogP contribution in [0.3, 0.4) is 0 Å². The number of likely N-dealkylation sites (tertiary alicyclic amines) is 1. The van der Waals surface area contributed by atoms with E-state index in [1.165, 1.54) is 5.56 Å². The van der Waals surface area contributed by atoms with Gasteiger partial charge in [0, 0.05) is 31.5 Å². The quantitative estimate of drug-likeness (QED) is 0.596. The van der Waals surface area contributed by atoms with Crippen molar-refractivity contribution < 1.29 is 19.0 Å². The van der Waals surface area contributed by atoms with Crippen LogP contribution < -0.4 is 9.47 Å². The third kappa shape index (κ3) is 4.21. The van der Waals surface area contributed by atoms with Crippen LogP contribution in [0.1, 0.15) is 24.0 Å². The molecule has 5 heteroatoms. The molecular weight excluding hydrogens is 402 g/mol. The number of amides is 1. The second-order valence-corrected chi connectivity index (χ2v) is 8.40. The molecule has 5 rings (SSSR count). The monoisotopic (exact) mass is 429 g/mol. The lowest BCUT2D eigenvalue weighted by Crippen LogP contribution is -2.52. The highest BCUT2D eigenvalue weighted by atomic mass is 16.7. The number of methoxy groups -OCH3 is 1. The number of fused-ring (bicyclic) bond motifs is 1. The molecule has 0 aromatic heterocycles. The largest absolute Gasteiger partial charge is 0.497 e. The van der Waals surface area contributed by atoms with Crippen LogP contribution >= 0.6 is 0 Å². The van der Waals surface area contributed by atoms with E-state index in [9.17, 15) is 4.79 Å². The fourth-order valence-corrected chi connectivity index (χ4v) is 4.41. The van der Waals surface area contributed by atoms with Gasteiger partial charge in [-0.15, -0.1) is 0 Å². The van der Waals surface area contributed by atoms with Crippen molar-refractivity contribution in [3.05, 3.63) is 83.9 Å². The minimum absolute atomic E-state index is 0.133. The predicted octanol–water partition coefficient (Wildman–Crippen LogP) is 4.83. The van der Waals surface area contributed by atoms with Gasteiger partial charge in [0.2, 0.25) is 11.7 Å². The predicted molar refractivity (Wildman–Crippen MR) is 123 cm³/mol. The lowest BCUT2D eigenvalue weighted by Gasteiger charge is -2.44. The first-order valence-electron chi connectivity index (χ1n) is 11.1. The number of carbonyl (C=O) groups excluding carboxylic acids is 1. The zero-order valence-electron chi connectivity index (χ0n) is 18.3. The molecule has 32 heavy (non-hydrogen) atoms. The summed E-state index contributed by atoms with van der Waals surface area (Å²) in [5.74, 6) is 1.17. The topological polar surface area (TPSA) is 48.0 Å². The SMILES string of the molecule is COc1ccc(CC(=O)N2CCC3(CC2)OCc2cc(-c4ccccc4)ccc2O3)cc1. The molecule has 1 spiro atoms. The van der Waals surface area contributed by atoms with Crippen LogP contribution in [0.15, 0.2) is 72.8 Å². The smallest absolute Gasteiger partial charge is 0.226 e. The number of ether oxygens (including phenoxy) is 3. The highest BCUT2D eigenvalue weighted by molar-refractivity contribution is 5.79. The number of rotatable bonds is 4. The van der Waals surface area contributed by atoms with Crippen molar-refractivity contribution in [1.29, 1.82) is 0 Å². The lowest BCUT2D eigenvalue weighted by atomic mass is 9.98. The molecule has 0 atom stereocenters. The van der Waals surface area contributed by atoms with E-state index in [0.717, 1.165) is 28.2 Å². The summed E-state index contributed by atoms with van der Waals surface area (Å²) in [6, 6.07) is 24.3. The van der Waals surface area contributed by atoms with Gasteiger partial charge in [0.05, 0.1) is 20.1 Å². The number of benzene rings is 3. The van der Waals surface area contributed by atoms with E-state index in [1.54, 1.807) is 7.11 Å². The molecule has 5 nitrogen and oxygen atoms in total. The van der Waals surface area contributed by atoms with Crippen molar-refractivity contribution in [3.63, 3.8) is 0 Å². The summed E-state index contributed by atoms with van der Waals surface area (Å²) in [5.41, 5.74) is 4.39. The molecule has 2 aliphatic rings. The van der Waals surface area contributed by atoms with Crippen molar-refractivity contribution in [1.82, 2.24) is 4.90 Å². The highest BCUT2D eigenvalue weighted by Gasteiger charge is 2.41. The zero-order valence-corrected chi connectivity index (χ0v) is 18.3. The van der Waals surface area contributed by atoms with Crippen molar-refractivity contribution in [2.45, 2.75) is 31.7 Å². The number of carbonyl (C=O) groups is 1. The lowest BCUT2D eigenvalue weighted by molar-refractivity contribution is -0.227. The van der Waals surface area contributed by atoms with E-state index in [4.69, 9.17) is 14.2 Å². The molecule has 0 unspecified atom stereocenters. The van der Waals surface area contributed by atoms with Crippen molar-refractivity contribution in [2.24, 2.45) is 0 Å². The minimum atomic E-state index is -0.641. The van der Waals surface area contributed by atoms with Crippen LogP contribution in [-0.2, 0) is 22.6 Å². The summed E-state index contributed by atoms with van der Waals surface area (Å²) in [6.07, 6.45) is 1.73. The van der Waals surface area contributed by atoms with Crippen LogP contribution in [-0.4, -0.2) is 36.8 Å². The number of nitrogens with zero attached hydrogens (tertiary/aromatic N) is 1. The minimum Gasteiger partial charge on any atom is -0.497 e. The summed E-state index contributed by atoms with van der Waals surface area (Å²) in [6.45, 7) is 1.79. The van der Waals surface area contributed by atoms with Gasteiger partial charge in [0.25, 0.3) is 0 Å². The van der Waals surface area contributed by atoms with Gasteiger partial charge in [-0.2, -0.15) is 0 Å². The van der Waals surface area contributed by atoms with E-state index in [-0.39, 0.29) is 5.91 Å². The van der Waals surface area contributed by atoms with Gasteiger partial charge < -0.3 is 19.1 Å². The molecule has 1 saturated heterocycles. The van der Waals surface area contributed by atoms with Crippen molar-refractivity contribution in [3.8, 4) is 22.6 Å². The Balaban J connectivity index is 1.21. The Morgan fingerprint density at radius 1 is 0.969 bits per heavy atom. The van der Waals surface area contributed by atoms with Gasteiger partial charge in [-0.05, 0) is 41.0 Å². The average Bonchev–Trinajstić information content (AvgIpc) is 2.85. The first-order valence-corrected chi connectivity index (χ1v) is 11.1. The first kappa shape index (κ1) is 20.6. The Morgan fingerprint density at radius 2 is 1.72 bits per heavy atom. The fourth-order valence-electron chi connectivity index (χ4n) is 4.41. The van der Waals surface area contributed by atoms with Gasteiger partial charge in [-0.3, -0.25) is 4.79 Å². The number of hydrogen-bond donors (Lipinski definition) is 0. The molecule has 1 amide bonds. The maximum atomic E-state index is 12.8. The standard InChI is InChI=1S/C27H27NO4/c1-30-24-10-7-20(8-11-24)17-26(29)28-15-13-27(14-16-28)31-19-23-18-22(9-12-25(23)32-27)21-5-3-2-4-6-21/h2-12,18H,13-17,19H2,1H3. The van der Waals surface area contributed by atoms with Crippen LogP contribution in [0.4, 0.5) is 0 Å². The number of hydrogen-bond acceptors (Lipinski definition) is 4. The number of piperidine rings is 1. The Morgan fingerprint density at radius 3 is 2.44 bits per heavy atom. The Hall–Kier alpha value is -3.31. The van der Waals surface area contributed by atoms with E-state index in [2.05, 4.69) is 24.3 Å². The third-order valence-corrected chi connectivity index (χ3v) is 6.35. The third-order valence-electron chi connectivity index (χ3n) is 6.35. The summed E-state index contributed by atoms with van der Waals surface area (Å²) in [7, 11) is 1.64. The van der Waals surface area contributed by atoms with E-state index in [1.807, 2.05) is 53.4 Å². The molecule has 2 heterocycles. The normalized spacial score (nSPS) is 16.8. The van der Waals surface area contributed by atoms with Crippen LogP contribution in [0.5, 0.6) is 11.5 Å².